The molecule has 0 saturated heterocycles. The largest absolute Gasteiger partial charge is 0.489 e. The molecule has 1 N–H and O–H groups in total. The third-order valence-corrected chi connectivity index (χ3v) is 2.05. The molecule has 1 aromatic rings. The molecule has 0 bridgehead atoms. The molecule has 0 aromatic heterocycles. The highest BCUT2D eigenvalue weighted by Gasteiger charge is 2.02. The zero-order chi connectivity index (χ0) is 11.1. The number of para-hydroxylation sites is 1. The molecule has 84 valence electrons. The van der Waals surface area contributed by atoms with Gasteiger partial charge in [0.25, 0.3) is 0 Å². The van der Waals surface area contributed by atoms with E-state index in [9.17, 15) is 4.39 Å². The Bertz CT molecular complexity index is 294. The first-order valence-corrected chi connectivity index (χ1v) is 4.91. The molecule has 0 spiro atoms. The van der Waals surface area contributed by atoms with Gasteiger partial charge in [0.1, 0.15) is 6.61 Å². The van der Waals surface area contributed by atoms with E-state index in [0.29, 0.717) is 19.7 Å². The van der Waals surface area contributed by atoms with Gasteiger partial charge in [-0.3, -0.25) is 0 Å². The average molecular weight is 213 g/mol. The average Bonchev–Trinajstić information content (AvgIpc) is 2.21. The summed E-state index contributed by atoms with van der Waals surface area (Å²) < 4.78 is 18.3. The number of nitrogens with zero attached hydrogens (tertiary/aromatic N) is 1. The Kier molecular flexibility index (Phi) is 5.07. The highest BCUT2D eigenvalue weighted by atomic mass is 19.1. The quantitative estimate of drug-likeness (QED) is 0.769. The number of hydrogen-bond acceptors (Lipinski definition) is 3. The number of likely N-dealkylation sites (N-methyl/N-ethyl adjacent to an activating group) is 1. The van der Waals surface area contributed by atoms with Crippen LogP contribution < -0.4 is 4.74 Å². The standard InChI is InChI=1S/C11H16FNO2/c1-13(6-8-14)7-9-15-11-5-3-2-4-10(11)12/h2-5,14H,6-9H2,1H3. The van der Waals surface area contributed by atoms with Crippen molar-refractivity contribution >= 4 is 0 Å². The summed E-state index contributed by atoms with van der Waals surface area (Å²) in [6, 6.07) is 6.32. The molecule has 0 saturated carbocycles. The SMILES string of the molecule is CN(CCO)CCOc1ccccc1F. The second-order valence-electron chi connectivity index (χ2n) is 3.31. The molecule has 15 heavy (non-hydrogen) atoms. The summed E-state index contributed by atoms with van der Waals surface area (Å²) >= 11 is 0. The molecule has 3 nitrogen and oxygen atoms in total. The van der Waals surface area contributed by atoms with Crippen LogP contribution in [0.25, 0.3) is 0 Å². The van der Waals surface area contributed by atoms with Crippen molar-refractivity contribution in [3.63, 3.8) is 0 Å². The number of hydrogen-bond donors (Lipinski definition) is 1. The van der Waals surface area contributed by atoms with Crippen LogP contribution in [0.1, 0.15) is 0 Å². The number of rotatable bonds is 6. The first-order chi connectivity index (χ1) is 7.24. The molecule has 0 aliphatic carbocycles. The van der Waals surface area contributed by atoms with E-state index in [0.717, 1.165) is 0 Å². The van der Waals surface area contributed by atoms with Gasteiger partial charge in [0.2, 0.25) is 0 Å². The van der Waals surface area contributed by atoms with Crippen molar-refractivity contribution < 1.29 is 14.2 Å². The van der Waals surface area contributed by atoms with Gasteiger partial charge >= 0.3 is 0 Å². The maximum atomic E-state index is 13.1. The molecular weight excluding hydrogens is 197 g/mol. The molecule has 1 aromatic carbocycles. The first-order valence-electron chi connectivity index (χ1n) is 4.91. The lowest BCUT2D eigenvalue weighted by Crippen LogP contribution is -2.27. The van der Waals surface area contributed by atoms with Crippen molar-refractivity contribution in [1.82, 2.24) is 4.90 Å². The number of benzene rings is 1. The molecular formula is C11H16FNO2. The van der Waals surface area contributed by atoms with Gasteiger partial charge in [-0.05, 0) is 19.2 Å². The van der Waals surface area contributed by atoms with E-state index < -0.39 is 0 Å². The molecule has 4 heteroatoms. The van der Waals surface area contributed by atoms with Crippen molar-refractivity contribution in [2.24, 2.45) is 0 Å². The normalized spacial score (nSPS) is 10.7. The van der Waals surface area contributed by atoms with Crippen LogP contribution in [0.5, 0.6) is 5.75 Å². The van der Waals surface area contributed by atoms with Crippen molar-refractivity contribution in [1.29, 1.82) is 0 Å². The van der Waals surface area contributed by atoms with Gasteiger partial charge in [0.05, 0.1) is 6.61 Å². The number of halogens is 1. The highest BCUT2D eigenvalue weighted by Crippen LogP contribution is 2.14. The maximum Gasteiger partial charge on any atom is 0.165 e. The molecule has 0 aliphatic rings. The number of aliphatic hydroxyl groups excluding tert-OH is 1. The molecule has 0 heterocycles. The smallest absolute Gasteiger partial charge is 0.165 e. The Morgan fingerprint density at radius 3 is 2.73 bits per heavy atom. The Morgan fingerprint density at radius 1 is 1.33 bits per heavy atom. The lowest BCUT2D eigenvalue weighted by Gasteiger charge is -2.15. The maximum absolute atomic E-state index is 13.1. The minimum atomic E-state index is -0.345. The summed E-state index contributed by atoms with van der Waals surface area (Å²) in [6.45, 7) is 1.79. The zero-order valence-electron chi connectivity index (χ0n) is 8.82. The molecule has 0 unspecified atom stereocenters. The van der Waals surface area contributed by atoms with Crippen LogP contribution in [-0.2, 0) is 0 Å². The molecule has 0 fully saturated rings. The number of aliphatic hydroxyl groups is 1. The van der Waals surface area contributed by atoms with E-state index in [2.05, 4.69) is 0 Å². The minimum Gasteiger partial charge on any atom is -0.489 e. The third-order valence-electron chi connectivity index (χ3n) is 2.05. The van der Waals surface area contributed by atoms with Gasteiger partial charge in [0.15, 0.2) is 11.6 Å². The summed E-state index contributed by atoms with van der Waals surface area (Å²) in [5.74, 6) is -0.0720. The second-order valence-corrected chi connectivity index (χ2v) is 3.31. The van der Waals surface area contributed by atoms with E-state index in [1.54, 1.807) is 18.2 Å². The molecule has 0 radical (unpaired) electrons. The van der Waals surface area contributed by atoms with Gasteiger partial charge < -0.3 is 14.7 Å². The van der Waals surface area contributed by atoms with Gasteiger partial charge in [-0.25, -0.2) is 4.39 Å². The van der Waals surface area contributed by atoms with Crippen molar-refractivity contribution in [2.75, 3.05) is 33.4 Å². The molecule has 0 atom stereocenters. The van der Waals surface area contributed by atoms with Crippen LogP contribution in [0.3, 0.4) is 0 Å². The van der Waals surface area contributed by atoms with Crippen LogP contribution in [0.15, 0.2) is 24.3 Å². The Hall–Kier alpha value is -1.13. The fourth-order valence-corrected chi connectivity index (χ4v) is 1.16. The molecule has 0 amide bonds. The van der Waals surface area contributed by atoms with Crippen molar-refractivity contribution in [3.8, 4) is 5.75 Å². The monoisotopic (exact) mass is 213 g/mol. The van der Waals surface area contributed by atoms with E-state index in [1.807, 2.05) is 11.9 Å². The lowest BCUT2D eigenvalue weighted by molar-refractivity contribution is 0.190. The van der Waals surface area contributed by atoms with Crippen LogP contribution >= 0.6 is 0 Å². The predicted octanol–water partition coefficient (Wildman–Crippen LogP) is 1.13. The van der Waals surface area contributed by atoms with Gasteiger partial charge in [-0.15, -0.1) is 0 Å². The fourth-order valence-electron chi connectivity index (χ4n) is 1.16. The topological polar surface area (TPSA) is 32.7 Å². The fraction of sp³-hybridized carbons (Fsp3) is 0.455. The minimum absolute atomic E-state index is 0.121. The third kappa shape index (κ3) is 4.27. The second kappa shape index (κ2) is 6.37. The van der Waals surface area contributed by atoms with Crippen molar-refractivity contribution in [2.45, 2.75) is 0 Å². The van der Waals surface area contributed by atoms with E-state index in [4.69, 9.17) is 9.84 Å². The molecule has 1 rings (SSSR count). The zero-order valence-corrected chi connectivity index (χ0v) is 8.82. The van der Waals surface area contributed by atoms with Crippen LogP contribution in [0, 0.1) is 5.82 Å². The molecule has 0 aliphatic heterocycles. The summed E-state index contributed by atoms with van der Waals surface area (Å²) in [4.78, 5) is 1.92. The predicted molar refractivity (Wildman–Crippen MR) is 56.5 cm³/mol. The lowest BCUT2D eigenvalue weighted by atomic mass is 10.3. The number of ether oxygens (including phenoxy) is 1. The summed E-state index contributed by atoms with van der Waals surface area (Å²) in [5.41, 5.74) is 0. The van der Waals surface area contributed by atoms with E-state index >= 15 is 0 Å². The summed E-state index contributed by atoms with van der Waals surface area (Å²) in [6.07, 6.45) is 0. The van der Waals surface area contributed by atoms with Crippen LogP contribution in [0.2, 0.25) is 0 Å². The Balaban J connectivity index is 2.29. The van der Waals surface area contributed by atoms with Gasteiger partial charge in [0, 0.05) is 13.1 Å². The summed E-state index contributed by atoms with van der Waals surface area (Å²) in [7, 11) is 1.88. The Labute approximate surface area is 89.1 Å². The summed E-state index contributed by atoms with van der Waals surface area (Å²) in [5, 5.41) is 8.65. The first kappa shape index (κ1) is 11.9. The van der Waals surface area contributed by atoms with Crippen molar-refractivity contribution in [3.05, 3.63) is 30.1 Å². The Morgan fingerprint density at radius 2 is 2.07 bits per heavy atom. The van der Waals surface area contributed by atoms with Crippen LogP contribution in [-0.4, -0.2) is 43.4 Å². The highest BCUT2D eigenvalue weighted by molar-refractivity contribution is 5.23. The van der Waals surface area contributed by atoms with Gasteiger partial charge in [-0.2, -0.15) is 0 Å². The van der Waals surface area contributed by atoms with E-state index in [1.165, 1.54) is 6.07 Å². The van der Waals surface area contributed by atoms with Gasteiger partial charge in [-0.1, -0.05) is 12.1 Å². The van der Waals surface area contributed by atoms with Crippen LogP contribution in [0.4, 0.5) is 4.39 Å². The van der Waals surface area contributed by atoms with E-state index in [-0.39, 0.29) is 18.2 Å².